The molecule has 1 aliphatic heterocycles. The Balaban J connectivity index is 1.49. The Kier molecular flexibility index (Phi) is 5.99. The van der Waals surface area contributed by atoms with Crippen molar-refractivity contribution in [3.8, 4) is 23.0 Å². The average Bonchev–Trinajstić information content (AvgIpc) is 3.32. The highest BCUT2D eigenvalue weighted by Crippen LogP contribution is 2.40. The third kappa shape index (κ3) is 4.01. The van der Waals surface area contributed by atoms with Crippen LogP contribution in [-0.2, 0) is 0 Å². The third-order valence-electron chi connectivity index (χ3n) is 6.08. The zero-order valence-electron chi connectivity index (χ0n) is 19.1. The number of rotatable bonds is 7. The monoisotopic (exact) mass is 458 g/mol. The molecule has 174 valence electrons. The first-order valence-electron chi connectivity index (χ1n) is 11.1. The van der Waals surface area contributed by atoms with Crippen molar-refractivity contribution < 1.29 is 23.7 Å². The van der Waals surface area contributed by atoms with Gasteiger partial charge in [-0.05, 0) is 35.9 Å². The van der Waals surface area contributed by atoms with Crippen LogP contribution in [0.5, 0.6) is 23.0 Å². The van der Waals surface area contributed by atoms with Crippen LogP contribution >= 0.6 is 0 Å². The van der Waals surface area contributed by atoms with Crippen LogP contribution in [0.3, 0.4) is 0 Å². The van der Waals surface area contributed by atoms with E-state index in [0.29, 0.717) is 48.3 Å². The number of hydrogen-bond donors (Lipinski definition) is 2. The third-order valence-corrected chi connectivity index (χ3v) is 6.08. The minimum atomic E-state index is -0.191. The molecule has 0 fully saturated rings. The number of carbonyl (C=O) groups is 1. The maximum Gasteiger partial charge on any atom is 0.251 e. The molecule has 7 nitrogen and oxygen atoms in total. The quantitative estimate of drug-likeness (QED) is 0.426. The van der Waals surface area contributed by atoms with E-state index in [9.17, 15) is 4.79 Å². The molecule has 1 aliphatic rings. The Morgan fingerprint density at radius 2 is 1.79 bits per heavy atom. The first-order valence-corrected chi connectivity index (χ1v) is 11.1. The molecule has 4 aromatic rings. The van der Waals surface area contributed by atoms with Crippen LogP contribution in [0.2, 0.25) is 0 Å². The van der Waals surface area contributed by atoms with E-state index in [4.69, 9.17) is 18.9 Å². The second-order valence-corrected chi connectivity index (χ2v) is 7.99. The van der Waals surface area contributed by atoms with Gasteiger partial charge < -0.3 is 29.2 Å². The first kappa shape index (κ1) is 21.7. The van der Waals surface area contributed by atoms with Gasteiger partial charge in [-0.15, -0.1) is 0 Å². The van der Waals surface area contributed by atoms with E-state index in [1.807, 2.05) is 42.6 Å². The highest BCUT2D eigenvalue weighted by molar-refractivity contribution is 5.95. The maximum absolute atomic E-state index is 13.1. The summed E-state index contributed by atoms with van der Waals surface area (Å²) in [6.45, 7) is 1.34. The smallest absolute Gasteiger partial charge is 0.251 e. The van der Waals surface area contributed by atoms with Gasteiger partial charge in [0.25, 0.3) is 5.91 Å². The van der Waals surface area contributed by atoms with Gasteiger partial charge in [0.15, 0.2) is 23.0 Å². The van der Waals surface area contributed by atoms with Crippen LogP contribution in [0.25, 0.3) is 10.9 Å². The number of para-hydroxylation sites is 2. The molecule has 0 bridgehead atoms. The maximum atomic E-state index is 13.1. The molecule has 3 aromatic carbocycles. The van der Waals surface area contributed by atoms with Crippen molar-refractivity contribution in [3.63, 3.8) is 0 Å². The number of hydrogen-bond acceptors (Lipinski definition) is 5. The van der Waals surface area contributed by atoms with Crippen LogP contribution in [0.15, 0.2) is 66.9 Å². The van der Waals surface area contributed by atoms with Crippen molar-refractivity contribution in [1.29, 1.82) is 0 Å². The molecular formula is C27H26N2O5. The lowest BCUT2D eigenvalue weighted by Crippen LogP contribution is -2.29. The highest BCUT2D eigenvalue weighted by Gasteiger charge is 2.25. The summed E-state index contributed by atoms with van der Waals surface area (Å²) in [4.78, 5) is 16.4. The van der Waals surface area contributed by atoms with E-state index in [2.05, 4.69) is 16.4 Å². The van der Waals surface area contributed by atoms with Gasteiger partial charge in [-0.3, -0.25) is 4.79 Å². The summed E-state index contributed by atoms with van der Waals surface area (Å²) in [6, 6.07) is 19.1. The molecule has 7 heteroatoms. The first-order chi connectivity index (χ1) is 16.7. The fraction of sp³-hybridized carbons (Fsp3) is 0.222. The van der Waals surface area contributed by atoms with Crippen molar-refractivity contribution >= 4 is 16.8 Å². The Morgan fingerprint density at radius 1 is 0.971 bits per heavy atom. The Labute approximate surface area is 197 Å². The van der Waals surface area contributed by atoms with Crippen LogP contribution in [0.1, 0.15) is 27.4 Å². The van der Waals surface area contributed by atoms with Crippen molar-refractivity contribution in [2.75, 3.05) is 34.0 Å². The molecule has 2 heterocycles. The minimum absolute atomic E-state index is 0.178. The van der Waals surface area contributed by atoms with E-state index in [0.717, 1.165) is 22.0 Å². The minimum Gasteiger partial charge on any atom is -0.493 e. The van der Waals surface area contributed by atoms with Crippen LogP contribution in [-0.4, -0.2) is 44.9 Å². The number of aromatic amines is 1. The van der Waals surface area contributed by atoms with Crippen LogP contribution in [0, 0.1) is 0 Å². The summed E-state index contributed by atoms with van der Waals surface area (Å²) in [5.41, 5.74) is 3.53. The van der Waals surface area contributed by atoms with Crippen molar-refractivity contribution in [2.24, 2.45) is 0 Å². The Hall–Kier alpha value is -4.13. The zero-order chi connectivity index (χ0) is 23.5. The SMILES string of the molecule is COc1cccc([C@H](CNC(=O)c2ccc3c(c2)OCCO3)c2c[nH]c3ccccc23)c1OC. The number of ether oxygens (including phenoxy) is 4. The normalized spacial score (nSPS) is 13.4. The summed E-state index contributed by atoms with van der Waals surface area (Å²) < 4.78 is 22.5. The molecule has 34 heavy (non-hydrogen) atoms. The molecule has 2 N–H and O–H groups in total. The standard InChI is InChI=1S/C27H26N2O5/c1-31-24-9-5-7-19(26(24)32-2)21(20-15-28-22-8-4-3-6-18(20)22)16-29-27(30)17-10-11-23-25(14-17)34-13-12-33-23/h3-11,14-15,21,28H,12-13,16H2,1-2H3,(H,29,30)/t21-/m0/s1. The number of nitrogens with one attached hydrogen (secondary N) is 2. The molecule has 0 unspecified atom stereocenters. The van der Waals surface area contributed by atoms with E-state index in [-0.39, 0.29) is 11.8 Å². The summed E-state index contributed by atoms with van der Waals surface area (Å²) in [5.74, 6) is 2.16. The van der Waals surface area contributed by atoms with Crippen molar-refractivity contribution in [3.05, 3.63) is 83.6 Å². The van der Waals surface area contributed by atoms with E-state index < -0.39 is 0 Å². The van der Waals surface area contributed by atoms with Crippen LogP contribution < -0.4 is 24.3 Å². The largest absolute Gasteiger partial charge is 0.493 e. The predicted molar refractivity (Wildman–Crippen MR) is 129 cm³/mol. The van der Waals surface area contributed by atoms with Gasteiger partial charge in [0.05, 0.1) is 14.2 Å². The number of amides is 1. The average molecular weight is 459 g/mol. The van der Waals surface area contributed by atoms with E-state index in [1.165, 1.54) is 0 Å². The van der Waals surface area contributed by atoms with Crippen molar-refractivity contribution in [1.82, 2.24) is 10.3 Å². The second-order valence-electron chi connectivity index (χ2n) is 7.99. The lowest BCUT2D eigenvalue weighted by atomic mass is 9.89. The fourth-order valence-electron chi connectivity index (χ4n) is 4.44. The number of aromatic nitrogens is 1. The van der Waals surface area contributed by atoms with E-state index in [1.54, 1.807) is 32.4 Å². The molecule has 0 aliphatic carbocycles. The molecule has 0 radical (unpaired) electrons. The molecule has 0 spiro atoms. The number of benzene rings is 3. The predicted octanol–water partition coefficient (Wildman–Crippen LogP) is 4.52. The summed E-state index contributed by atoms with van der Waals surface area (Å²) in [6.07, 6.45) is 1.99. The fourth-order valence-corrected chi connectivity index (χ4v) is 4.44. The molecule has 0 saturated carbocycles. The van der Waals surface area contributed by atoms with Gasteiger partial charge in [0.1, 0.15) is 13.2 Å². The lowest BCUT2D eigenvalue weighted by molar-refractivity contribution is 0.0951. The van der Waals surface area contributed by atoms with Gasteiger partial charge in [-0.2, -0.15) is 0 Å². The summed E-state index contributed by atoms with van der Waals surface area (Å²) in [5, 5.41) is 4.19. The van der Waals surface area contributed by atoms with Gasteiger partial charge >= 0.3 is 0 Å². The Morgan fingerprint density at radius 3 is 2.62 bits per heavy atom. The molecule has 0 saturated heterocycles. The van der Waals surface area contributed by atoms with Crippen molar-refractivity contribution in [2.45, 2.75) is 5.92 Å². The summed E-state index contributed by atoms with van der Waals surface area (Å²) >= 11 is 0. The molecule has 1 amide bonds. The number of H-pyrrole nitrogens is 1. The number of carbonyl (C=O) groups excluding carboxylic acids is 1. The number of methoxy groups -OCH3 is 2. The topological polar surface area (TPSA) is 81.8 Å². The molecule has 5 rings (SSSR count). The molecular weight excluding hydrogens is 432 g/mol. The number of fused-ring (bicyclic) bond motifs is 2. The van der Waals surface area contributed by atoms with Crippen LogP contribution in [0.4, 0.5) is 0 Å². The highest BCUT2D eigenvalue weighted by atomic mass is 16.6. The van der Waals surface area contributed by atoms with Gasteiger partial charge in [-0.1, -0.05) is 30.3 Å². The molecule has 1 aromatic heterocycles. The zero-order valence-corrected chi connectivity index (χ0v) is 19.1. The molecule has 1 atom stereocenters. The summed E-state index contributed by atoms with van der Waals surface area (Å²) in [7, 11) is 3.24. The van der Waals surface area contributed by atoms with Gasteiger partial charge in [0, 0.05) is 40.7 Å². The second kappa shape index (κ2) is 9.39. The van der Waals surface area contributed by atoms with Gasteiger partial charge in [-0.25, -0.2) is 0 Å². The van der Waals surface area contributed by atoms with E-state index >= 15 is 0 Å². The Bertz CT molecular complexity index is 1330. The lowest BCUT2D eigenvalue weighted by Gasteiger charge is -2.22. The van der Waals surface area contributed by atoms with Gasteiger partial charge in [0.2, 0.25) is 0 Å².